The van der Waals surface area contributed by atoms with Gasteiger partial charge in [0.2, 0.25) is 0 Å². The standard InChI is InChI=1S/C13H27NO2/c1-10(14(6)7)9-13(5,11(15)16-8)12(2,3)4/h10H,9H2,1-8H3. The van der Waals surface area contributed by atoms with E-state index in [0.717, 1.165) is 6.42 Å². The topological polar surface area (TPSA) is 29.5 Å². The molecule has 0 aliphatic rings. The van der Waals surface area contributed by atoms with Crippen LogP contribution in [0.25, 0.3) is 0 Å². The van der Waals surface area contributed by atoms with Gasteiger partial charge in [0.1, 0.15) is 0 Å². The molecule has 0 fully saturated rings. The van der Waals surface area contributed by atoms with E-state index in [4.69, 9.17) is 4.74 Å². The first kappa shape index (κ1) is 15.4. The summed E-state index contributed by atoms with van der Waals surface area (Å²) in [6.07, 6.45) is 0.802. The van der Waals surface area contributed by atoms with Crippen molar-refractivity contribution in [2.24, 2.45) is 10.8 Å². The van der Waals surface area contributed by atoms with Gasteiger partial charge < -0.3 is 9.64 Å². The van der Waals surface area contributed by atoms with E-state index in [2.05, 4.69) is 32.6 Å². The minimum absolute atomic E-state index is 0.107. The lowest BCUT2D eigenvalue weighted by Gasteiger charge is -2.42. The summed E-state index contributed by atoms with van der Waals surface area (Å²) >= 11 is 0. The van der Waals surface area contributed by atoms with Crippen molar-refractivity contribution in [2.45, 2.75) is 47.1 Å². The lowest BCUT2D eigenvalue weighted by molar-refractivity contribution is -0.160. The van der Waals surface area contributed by atoms with Crippen molar-refractivity contribution in [3.8, 4) is 0 Å². The van der Waals surface area contributed by atoms with Crippen molar-refractivity contribution in [1.29, 1.82) is 0 Å². The van der Waals surface area contributed by atoms with Crippen LogP contribution in [0.15, 0.2) is 0 Å². The maximum absolute atomic E-state index is 12.0. The van der Waals surface area contributed by atoms with Gasteiger partial charge in [-0.25, -0.2) is 0 Å². The number of ether oxygens (including phenoxy) is 1. The highest BCUT2D eigenvalue weighted by molar-refractivity contribution is 5.77. The Bertz CT molecular complexity index is 243. The minimum Gasteiger partial charge on any atom is -0.469 e. The summed E-state index contributed by atoms with van der Waals surface area (Å²) in [5.41, 5.74) is -0.560. The molecule has 0 aromatic carbocycles. The molecule has 0 rings (SSSR count). The molecular formula is C13H27NO2. The third-order valence-corrected chi connectivity index (χ3v) is 3.88. The summed E-state index contributed by atoms with van der Waals surface area (Å²) in [7, 11) is 5.53. The van der Waals surface area contributed by atoms with E-state index in [1.165, 1.54) is 7.11 Å². The molecule has 0 amide bonds. The maximum Gasteiger partial charge on any atom is 0.312 e. The maximum atomic E-state index is 12.0. The Hall–Kier alpha value is -0.570. The fraction of sp³-hybridized carbons (Fsp3) is 0.923. The Morgan fingerprint density at radius 1 is 1.25 bits per heavy atom. The van der Waals surface area contributed by atoms with Crippen LogP contribution < -0.4 is 0 Å². The molecule has 0 aromatic heterocycles. The van der Waals surface area contributed by atoms with Crippen molar-refractivity contribution in [3.63, 3.8) is 0 Å². The molecule has 0 saturated heterocycles. The van der Waals surface area contributed by atoms with Gasteiger partial charge in [0.25, 0.3) is 0 Å². The number of carbonyl (C=O) groups is 1. The summed E-state index contributed by atoms with van der Waals surface area (Å²) in [6.45, 7) is 10.4. The highest BCUT2D eigenvalue weighted by atomic mass is 16.5. The first-order valence-corrected chi connectivity index (χ1v) is 5.81. The van der Waals surface area contributed by atoms with E-state index in [1.807, 2.05) is 21.0 Å². The second-order valence-corrected chi connectivity index (χ2v) is 6.09. The second-order valence-electron chi connectivity index (χ2n) is 6.09. The molecule has 0 aliphatic carbocycles. The zero-order valence-electron chi connectivity index (χ0n) is 12.0. The SMILES string of the molecule is COC(=O)C(C)(CC(C)N(C)C)C(C)(C)C. The number of methoxy groups -OCH3 is 1. The van der Waals surface area contributed by atoms with E-state index in [9.17, 15) is 4.79 Å². The van der Waals surface area contributed by atoms with Crippen LogP contribution in [-0.4, -0.2) is 38.1 Å². The molecule has 0 radical (unpaired) electrons. The summed E-state index contributed by atoms with van der Waals surface area (Å²) in [5.74, 6) is -0.117. The van der Waals surface area contributed by atoms with Crippen LogP contribution in [0.1, 0.15) is 41.0 Å². The van der Waals surface area contributed by atoms with E-state index in [0.29, 0.717) is 6.04 Å². The Labute approximate surface area is 100 Å². The molecule has 3 heteroatoms. The monoisotopic (exact) mass is 229 g/mol. The summed E-state index contributed by atoms with van der Waals surface area (Å²) in [6, 6.07) is 0.350. The van der Waals surface area contributed by atoms with Crippen molar-refractivity contribution in [1.82, 2.24) is 4.90 Å². The number of carbonyl (C=O) groups excluding carboxylic acids is 1. The molecule has 2 unspecified atom stereocenters. The third kappa shape index (κ3) is 3.21. The van der Waals surface area contributed by atoms with Crippen LogP contribution >= 0.6 is 0 Å². The largest absolute Gasteiger partial charge is 0.469 e. The van der Waals surface area contributed by atoms with Crippen molar-refractivity contribution in [3.05, 3.63) is 0 Å². The molecule has 0 aromatic rings. The molecule has 2 atom stereocenters. The molecule has 0 heterocycles. The second kappa shape index (κ2) is 5.17. The lowest BCUT2D eigenvalue weighted by Crippen LogP contribution is -2.45. The van der Waals surface area contributed by atoms with Crippen molar-refractivity contribution in [2.75, 3.05) is 21.2 Å². The van der Waals surface area contributed by atoms with Gasteiger partial charge in [-0.2, -0.15) is 0 Å². The molecular weight excluding hydrogens is 202 g/mol. The molecule has 0 N–H and O–H groups in total. The molecule has 3 nitrogen and oxygen atoms in total. The lowest BCUT2D eigenvalue weighted by atomic mass is 9.64. The highest BCUT2D eigenvalue weighted by Crippen LogP contribution is 2.43. The van der Waals surface area contributed by atoms with Gasteiger partial charge in [0, 0.05) is 6.04 Å². The van der Waals surface area contributed by atoms with Gasteiger partial charge in [-0.3, -0.25) is 4.79 Å². The summed E-state index contributed by atoms with van der Waals surface area (Å²) in [4.78, 5) is 14.1. The number of nitrogens with zero attached hydrogens (tertiary/aromatic N) is 1. The predicted octanol–water partition coefficient (Wildman–Crippen LogP) is 2.55. The quantitative estimate of drug-likeness (QED) is 0.694. The first-order chi connectivity index (χ1) is 7.06. The Kier molecular flexibility index (Phi) is 4.99. The van der Waals surface area contributed by atoms with Gasteiger partial charge in [0.05, 0.1) is 12.5 Å². The molecule has 96 valence electrons. The number of rotatable bonds is 4. The zero-order chi connectivity index (χ0) is 13.1. The highest BCUT2D eigenvalue weighted by Gasteiger charge is 2.46. The molecule has 0 aliphatic heterocycles. The molecule has 0 bridgehead atoms. The molecule has 0 spiro atoms. The Morgan fingerprint density at radius 3 is 1.94 bits per heavy atom. The van der Waals surface area contributed by atoms with Crippen LogP contribution in [0.4, 0.5) is 0 Å². The molecule has 0 saturated carbocycles. The van der Waals surface area contributed by atoms with E-state index in [-0.39, 0.29) is 11.4 Å². The van der Waals surface area contributed by atoms with Gasteiger partial charge in [-0.1, -0.05) is 20.8 Å². The normalized spacial score (nSPS) is 18.1. The van der Waals surface area contributed by atoms with Gasteiger partial charge >= 0.3 is 5.97 Å². The van der Waals surface area contributed by atoms with Crippen LogP contribution in [0.5, 0.6) is 0 Å². The Morgan fingerprint density at radius 2 is 1.69 bits per heavy atom. The van der Waals surface area contributed by atoms with Crippen LogP contribution in [0.2, 0.25) is 0 Å². The number of hydrogen-bond donors (Lipinski definition) is 0. The minimum atomic E-state index is -0.453. The predicted molar refractivity (Wildman–Crippen MR) is 67.3 cm³/mol. The van der Waals surface area contributed by atoms with Gasteiger partial charge in [-0.15, -0.1) is 0 Å². The summed E-state index contributed by atoms with van der Waals surface area (Å²) < 4.78 is 4.97. The Balaban J connectivity index is 5.04. The fourth-order valence-electron chi connectivity index (χ4n) is 1.69. The summed E-state index contributed by atoms with van der Waals surface area (Å²) in [5, 5.41) is 0. The van der Waals surface area contributed by atoms with Crippen molar-refractivity contribution >= 4 is 5.97 Å². The number of hydrogen-bond acceptors (Lipinski definition) is 3. The average molecular weight is 229 g/mol. The first-order valence-electron chi connectivity index (χ1n) is 5.81. The van der Waals surface area contributed by atoms with Gasteiger partial charge in [0.15, 0.2) is 0 Å². The average Bonchev–Trinajstić information content (AvgIpc) is 2.14. The van der Waals surface area contributed by atoms with Gasteiger partial charge in [-0.05, 0) is 39.8 Å². The smallest absolute Gasteiger partial charge is 0.312 e. The zero-order valence-corrected chi connectivity index (χ0v) is 12.0. The van der Waals surface area contributed by atoms with Crippen molar-refractivity contribution < 1.29 is 9.53 Å². The van der Waals surface area contributed by atoms with E-state index >= 15 is 0 Å². The van der Waals surface area contributed by atoms with Crippen LogP contribution in [0, 0.1) is 10.8 Å². The van der Waals surface area contributed by atoms with E-state index in [1.54, 1.807) is 0 Å². The van der Waals surface area contributed by atoms with Crippen LogP contribution in [0.3, 0.4) is 0 Å². The van der Waals surface area contributed by atoms with E-state index < -0.39 is 5.41 Å². The fourth-order valence-corrected chi connectivity index (χ4v) is 1.69. The van der Waals surface area contributed by atoms with Crippen LogP contribution in [-0.2, 0) is 9.53 Å². The number of esters is 1. The third-order valence-electron chi connectivity index (χ3n) is 3.88. The molecule has 16 heavy (non-hydrogen) atoms.